The molecule has 1 aromatic heterocycles. The predicted molar refractivity (Wildman–Crippen MR) is 105 cm³/mol. The summed E-state index contributed by atoms with van der Waals surface area (Å²) in [5.41, 5.74) is 0.408. The Labute approximate surface area is 163 Å². The molecule has 150 valence electrons. The normalized spacial score (nSPS) is 21.0. The molecule has 2 fully saturated rings. The van der Waals surface area contributed by atoms with E-state index < -0.39 is 11.8 Å². The van der Waals surface area contributed by atoms with Gasteiger partial charge in [0.15, 0.2) is 0 Å². The summed E-state index contributed by atoms with van der Waals surface area (Å²) in [5.74, 6) is 0.254. The second-order valence-corrected chi connectivity index (χ2v) is 7.42. The maximum Gasteiger partial charge on any atom is 0.324 e. The smallest absolute Gasteiger partial charge is 0.324 e. The predicted octanol–water partition coefficient (Wildman–Crippen LogP) is 3.48. The van der Waals surface area contributed by atoms with Gasteiger partial charge in [0, 0.05) is 38.0 Å². The van der Waals surface area contributed by atoms with Crippen molar-refractivity contribution in [3.63, 3.8) is 0 Å². The molecule has 2 N–H and O–H groups in total. The van der Waals surface area contributed by atoms with Crippen molar-refractivity contribution >= 4 is 17.5 Å². The van der Waals surface area contributed by atoms with Gasteiger partial charge in [-0.1, -0.05) is 6.07 Å². The number of hydrogen-bond donors (Lipinski definition) is 2. The van der Waals surface area contributed by atoms with Crippen LogP contribution in [-0.4, -0.2) is 53.1 Å². The third-order valence-corrected chi connectivity index (χ3v) is 5.38. The summed E-state index contributed by atoms with van der Waals surface area (Å²) in [6.45, 7) is 3.90. The average Bonchev–Trinajstić information content (AvgIpc) is 3.34. The topological polar surface area (TPSA) is 71.4 Å². The van der Waals surface area contributed by atoms with Crippen LogP contribution < -0.4 is 10.6 Å². The molecule has 0 aliphatic carbocycles. The number of nitrogens with zero attached hydrogens (tertiary/aromatic N) is 3. The Morgan fingerprint density at radius 1 is 1.21 bits per heavy atom. The molecule has 0 saturated carbocycles. The first-order valence-corrected chi connectivity index (χ1v) is 9.88. The first-order valence-electron chi connectivity index (χ1n) is 9.88. The van der Waals surface area contributed by atoms with Crippen LogP contribution in [0.1, 0.15) is 31.7 Å². The van der Waals surface area contributed by atoms with Gasteiger partial charge in [0.05, 0.1) is 18.3 Å². The first-order chi connectivity index (χ1) is 13.7. The minimum absolute atomic E-state index is 0.250. The zero-order valence-electron chi connectivity index (χ0n) is 15.8. The number of hydrogen-bond acceptors (Lipinski definition) is 4. The molecule has 0 radical (unpaired) electrons. The van der Waals surface area contributed by atoms with Gasteiger partial charge in [0.2, 0.25) is 0 Å². The molecule has 0 bridgehead atoms. The van der Waals surface area contributed by atoms with E-state index in [4.69, 9.17) is 4.74 Å². The van der Waals surface area contributed by atoms with Crippen LogP contribution in [-0.2, 0) is 4.74 Å². The molecule has 2 saturated heterocycles. The number of halogens is 1. The van der Waals surface area contributed by atoms with Crippen LogP contribution in [0.5, 0.6) is 0 Å². The number of carbonyl (C=O) groups excluding carboxylic acids is 1. The zero-order valence-corrected chi connectivity index (χ0v) is 15.8. The van der Waals surface area contributed by atoms with Gasteiger partial charge in [-0.15, -0.1) is 0 Å². The molecule has 2 aliphatic rings. The monoisotopic (exact) mass is 387 g/mol. The van der Waals surface area contributed by atoms with Gasteiger partial charge in [-0.25, -0.2) is 13.9 Å². The van der Waals surface area contributed by atoms with Crippen molar-refractivity contribution in [3.05, 3.63) is 42.3 Å². The summed E-state index contributed by atoms with van der Waals surface area (Å²) in [4.78, 5) is 14.7. The van der Waals surface area contributed by atoms with Gasteiger partial charge in [-0.2, -0.15) is 5.10 Å². The number of anilines is 2. The number of amides is 2. The lowest BCUT2D eigenvalue weighted by atomic mass is 10.0. The number of urea groups is 1. The number of rotatable bonds is 5. The molecule has 28 heavy (non-hydrogen) atoms. The van der Waals surface area contributed by atoms with E-state index in [1.165, 1.54) is 18.6 Å². The lowest BCUT2D eigenvalue weighted by molar-refractivity contribution is 0.0600. The van der Waals surface area contributed by atoms with Gasteiger partial charge >= 0.3 is 6.03 Å². The number of benzene rings is 1. The summed E-state index contributed by atoms with van der Waals surface area (Å²) in [5, 5.41) is 9.88. The van der Waals surface area contributed by atoms with Crippen molar-refractivity contribution in [3.8, 4) is 0 Å². The van der Waals surface area contributed by atoms with Gasteiger partial charge < -0.3 is 15.0 Å². The maximum absolute atomic E-state index is 13.3. The van der Waals surface area contributed by atoms with Gasteiger partial charge in [0.1, 0.15) is 11.6 Å². The molecule has 7 nitrogen and oxygen atoms in total. The Morgan fingerprint density at radius 2 is 2.07 bits per heavy atom. The molecular weight excluding hydrogens is 361 g/mol. The fourth-order valence-electron chi connectivity index (χ4n) is 3.97. The van der Waals surface area contributed by atoms with Gasteiger partial charge in [-0.3, -0.25) is 5.32 Å². The Morgan fingerprint density at radius 3 is 2.82 bits per heavy atom. The molecule has 2 amide bonds. The average molecular weight is 387 g/mol. The fraction of sp³-hybridized carbons (Fsp3) is 0.500. The highest BCUT2D eigenvalue weighted by Crippen LogP contribution is 2.26. The second kappa shape index (κ2) is 8.70. The molecule has 8 heteroatoms. The SMILES string of the molecule is O=C(Nc1cccc(F)c1)Nc1ccnn1C1CCN(C[C@@H]2CCCO2)CC1. The zero-order chi connectivity index (χ0) is 19.3. The molecule has 0 spiro atoms. The summed E-state index contributed by atoms with van der Waals surface area (Å²) < 4.78 is 20.9. The first kappa shape index (κ1) is 18.9. The maximum atomic E-state index is 13.3. The molecule has 0 unspecified atom stereocenters. The summed E-state index contributed by atoms with van der Waals surface area (Å²) in [6.07, 6.45) is 6.36. The number of ether oxygens (including phenoxy) is 1. The van der Waals surface area contributed by atoms with E-state index in [9.17, 15) is 9.18 Å². The van der Waals surface area contributed by atoms with E-state index in [0.717, 1.165) is 45.5 Å². The minimum atomic E-state index is -0.414. The third-order valence-electron chi connectivity index (χ3n) is 5.38. The molecule has 1 aromatic carbocycles. The molecule has 4 rings (SSSR count). The van der Waals surface area contributed by atoms with E-state index in [-0.39, 0.29) is 6.04 Å². The van der Waals surface area contributed by atoms with E-state index in [2.05, 4.69) is 20.6 Å². The summed E-state index contributed by atoms with van der Waals surface area (Å²) >= 11 is 0. The highest BCUT2D eigenvalue weighted by Gasteiger charge is 2.26. The lowest BCUT2D eigenvalue weighted by Crippen LogP contribution is -2.39. The molecule has 1 atom stereocenters. The second-order valence-electron chi connectivity index (χ2n) is 7.42. The lowest BCUT2D eigenvalue weighted by Gasteiger charge is -2.33. The summed E-state index contributed by atoms with van der Waals surface area (Å²) in [6, 6.07) is 7.43. The Hall–Kier alpha value is -2.45. The quantitative estimate of drug-likeness (QED) is 0.824. The molecular formula is C20H26FN5O2. The van der Waals surface area contributed by atoms with Crippen molar-refractivity contribution in [1.82, 2.24) is 14.7 Å². The van der Waals surface area contributed by atoms with Crippen LogP contribution in [0.25, 0.3) is 0 Å². The molecule has 3 heterocycles. The van der Waals surface area contributed by atoms with Crippen LogP contribution in [0, 0.1) is 5.82 Å². The minimum Gasteiger partial charge on any atom is -0.377 e. The largest absolute Gasteiger partial charge is 0.377 e. The van der Waals surface area contributed by atoms with E-state index in [1.54, 1.807) is 24.4 Å². The van der Waals surface area contributed by atoms with Gasteiger partial charge in [-0.05, 0) is 43.9 Å². The molecule has 2 aromatic rings. The van der Waals surface area contributed by atoms with Crippen LogP contribution in [0.4, 0.5) is 20.7 Å². The van der Waals surface area contributed by atoms with Gasteiger partial charge in [0.25, 0.3) is 0 Å². The van der Waals surface area contributed by atoms with Crippen molar-refractivity contribution in [1.29, 1.82) is 0 Å². The number of likely N-dealkylation sites (tertiary alicyclic amines) is 1. The van der Waals surface area contributed by atoms with Crippen molar-refractivity contribution < 1.29 is 13.9 Å². The van der Waals surface area contributed by atoms with Crippen LogP contribution in [0.15, 0.2) is 36.5 Å². The highest BCUT2D eigenvalue weighted by molar-refractivity contribution is 5.99. The Kier molecular flexibility index (Phi) is 5.87. The number of piperidine rings is 1. The standard InChI is InChI=1S/C20H26FN5O2/c21-15-3-1-4-16(13-15)23-20(27)24-19-6-9-22-26(19)17-7-10-25(11-8-17)14-18-5-2-12-28-18/h1,3-4,6,9,13,17-18H,2,5,7-8,10-12,14H2,(H2,23,24,27)/t18-/m0/s1. The van der Waals surface area contributed by atoms with Crippen LogP contribution in [0.2, 0.25) is 0 Å². The number of carbonyl (C=O) groups is 1. The summed E-state index contributed by atoms with van der Waals surface area (Å²) in [7, 11) is 0. The Balaban J connectivity index is 1.31. The van der Waals surface area contributed by atoms with E-state index in [1.807, 2.05) is 4.68 Å². The number of aromatic nitrogens is 2. The van der Waals surface area contributed by atoms with Crippen LogP contribution in [0.3, 0.4) is 0 Å². The number of nitrogens with one attached hydrogen (secondary N) is 2. The van der Waals surface area contributed by atoms with E-state index in [0.29, 0.717) is 17.6 Å². The Bertz CT molecular complexity index is 797. The van der Waals surface area contributed by atoms with Crippen molar-refractivity contribution in [2.75, 3.05) is 36.9 Å². The third kappa shape index (κ3) is 4.69. The van der Waals surface area contributed by atoms with E-state index >= 15 is 0 Å². The van der Waals surface area contributed by atoms with Crippen molar-refractivity contribution in [2.24, 2.45) is 0 Å². The molecule has 2 aliphatic heterocycles. The highest BCUT2D eigenvalue weighted by atomic mass is 19.1. The van der Waals surface area contributed by atoms with Crippen LogP contribution >= 0.6 is 0 Å². The fourth-order valence-corrected chi connectivity index (χ4v) is 3.97. The van der Waals surface area contributed by atoms with Crippen molar-refractivity contribution in [2.45, 2.75) is 37.8 Å².